The van der Waals surface area contributed by atoms with Gasteiger partial charge in [-0.3, -0.25) is 4.68 Å². The predicted molar refractivity (Wildman–Crippen MR) is 72.6 cm³/mol. The number of anilines is 2. The highest BCUT2D eigenvalue weighted by Gasteiger charge is 2.39. The first-order valence-electron chi connectivity index (χ1n) is 6.24. The molecule has 0 atom stereocenters. The maximum Gasteiger partial charge on any atom is 0.422 e. The van der Waals surface area contributed by atoms with Gasteiger partial charge >= 0.3 is 6.18 Å². The third-order valence-electron chi connectivity index (χ3n) is 3.10. The van der Waals surface area contributed by atoms with Gasteiger partial charge in [-0.05, 0) is 13.8 Å². The van der Waals surface area contributed by atoms with Crippen molar-refractivity contribution in [3.63, 3.8) is 0 Å². The number of nitrogens with zero attached hydrogens (tertiary/aromatic N) is 4. The van der Waals surface area contributed by atoms with Crippen molar-refractivity contribution >= 4 is 11.8 Å². The van der Waals surface area contributed by atoms with Crippen molar-refractivity contribution in [3.8, 4) is 11.3 Å². The van der Waals surface area contributed by atoms with E-state index in [1.807, 2.05) is 6.92 Å². The van der Waals surface area contributed by atoms with Crippen LogP contribution in [0.1, 0.15) is 18.2 Å². The molecule has 0 aliphatic heterocycles. The van der Waals surface area contributed by atoms with Gasteiger partial charge < -0.3 is 11.1 Å². The third kappa shape index (κ3) is 2.63. The number of hydrogen-bond donors (Lipinski definition) is 2. The van der Waals surface area contributed by atoms with E-state index in [4.69, 9.17) is 5.73 Å². The summed E-state index contributed by atoms with van der Waals surface area (Å²) in [5.74, 6) is -0.584. The molecule has 0 aliphatic rings. The zero-order valence-corrected chi connectivity index (χ0v) is 11.8. The zero-order valence-electron chi connectivity index (χ0n) is 11.8. The molecule has 114 valence electrons. The second-order valence-electron chi connectivity index (χ2n) is 4.36. The van der Waals surface area contributed by atoms with Crippen molar-refractivity contribution in [1.82, 2.24) is 19.7 Å². The summed E-state index contributed by atoms with van der Waals surface area (Å²) >= 11 is 0. The van der Waals surface area contributed by atoms with Gasteiger partial charge in [0.2, 0.25) is 5.95 Å². The monoisotopic (exact) mass is 300 g/mol. The molecule has 0 amide bonds. The first-order valence-corrected chi connectivity index (χ1v) is 6.24. The van der Waals surface area contributed by atoms with Crippen molar-refractivity contribution in [1.29, 1.82) is 0 Å². The van der Waals surface area contributed by atoms with Crippen LogP contribution in [0.4, 0.5) is 24.9 Å². The molecule has 3 N–H and O–H groups in total. The van der Waals surface area contributed by atoms with E-state index in [1.165, 1.54) is 13.2 Å². The van der Waals surface area contributed by atoms with Crippen molar-refractivity contribution in [3.05, 3.63) is 17.5 Å². The van der Waals surface area contributed by atoms with Gasteiger partial charge in [0.05, 0.1) is 11.9 Å². The molecule has 0 fully saturated rings. The number of alkyl halides is 3. The first-order chi connectivity index (χ1) is 9.79. The number of halogens is 3. The van der Waals surface area contributed by atoms with Gasteiger partial charge in [0.15, 0.2) is 0 Å². The quantitative estimate of drug-likeness (QED) is 0.909. The number of hydrogen-bond acceptors (Lipinski definition) is 5. The summed E-state index contributed by atoms with van der Waals surface area (Å²) in [5.41, 5.74) is 5.18. The summed E-state index contributed by atoms with van der Waals surface area (Å²) in [7, 11) is 1.35. The van der Waals surface area contributed by atoms with Crippen LogP contribution in [-0.2, 0) is 12.7 Å². The lowest BCUT2D eigenvalue weighted by Crippen LogP contribution is -2.15. The molecule has 9 heteroatoms. The normalized spacial score (nSPS) is 11.7. The van der Waals surface area contributed by atoms with E-state index in [-0.39, 0.29) is 23.0 Å². The summed E-state index contributed by atoms with van der Waals surface area (Å²) < 4.78 is 41.6. The molecule has 6 nitrogen and oxygen atoms in total. The van der Waals surface area contributed by atoms with Crippen LogP contribution in [0.5, 0.6) is 0 Å². The second kappa shape index (κ2) is 5.23. The maximum atomic E-state index is 13.3. The molecular formula is C12H15F3N6. The molecule has 0 radical (unpaired) electrons. The van der Waals surface area contributed by atoms with E-state index >= 15 is 0 Å². The van der Waals surface area contributed by atoms with Gasteiger partial charge in [0.25, 0.3) is 0 Å². The highest BCUT2D eigenvalue weighted by atomic mass is 19.4. The van der Waals surface area contributed by atoms with E-state index < -0.39 is 11.7 Å². The summed E-state index contributed by atoms with van der Waals surface area (Å²) in [6.45, 7) is 4.08. The standard InChI is InChI=1S/C12H15F3N6/c1-4-21-6(2)7(5-18-21)9-8(12(13,14)15)10(17-3)20-11(16)19-9/h5H,4H2,1-3H3,(H3,16,17,19,20). The molecule has 0 aliphatic carbocycles. The molecule has 2 heterocycles. The van der Waals surface area contributed by atoms with Gasteiger partial charge in [-0.25, -0.2) is 4.98 Å². The van der Waals surface area contributed by atoms with Crippen LogP contribution in [0.2, 0.25) is 0 Å². The Morgan fingerprint density at radius 1 is 1.33 bits per heavy atom. The molecule has 0 unspecified atom stereocenters. The Morgan fingerprint density at radius 2 is 2.00 bits per heavy atom. The molecule has 21 heavy (non-hydrogen) atoms. The maximum absolute atomic E-state index is 13.3. The Bertz CT molecular complexity index is 662. The van der Waals surface area contributed by atoms with Crippen LogP contribution >= 0.6 is 0 Å². The molecule has 0 saturated carbocycles. The fourth-order valence-corrected chi connectivity index (χ4v) is 2.12. The zero-order chi connectivity index (χ0) is 15.8. The minimum absolute atomic E-state index is 0.231. The number of aromatic nitrogens is 4. The Balaban J connectivity index is 2.78. The molecule has 0 spiro atoms. The fraction of sp³-hybridized carbons (Fsp3) is 0.417. The Hall–Kier alpha value is -2.32. The smallest absolute Gasteiger partial charge is 0.372 e. The number of rotatable bonds is 3. The summed E-state index contributed by atoms with van der Waals surface area (Å²) in [4.78, 5) is 7.39. The average Bonchev–Trinajstić information content (AvgIpc) is 2.77. The van der Waals surface area contributed by atoms with Gasteiger partial charge in [-0.2, -0.15) is 23.3 Å². The van der Waals surface area contributed by atoms with Crippen LogP contribution in [-0.4, -0.2) is 26.8 Å². The lowest BCUT2D eigenvalue weighted by atomic mass is 10.1. The van der Waals surface area contributed by atoms with Gasteiger partial charge in [-0.15, -0.1) is 0 Å². The topological polar surface area (TPSA) is 81.7 Å². The molecule has 2 aromatic rings. The predicted octanol–water partition coefficient (Wildman–Crippen LogP) is 2.31. The van der Waals surface area contributed by atoms with E-state index in [0.29, 0.717) is 12.2 Å². The molecule has 2 aromatic heterocycles. The molecular weight excluding hydrogens is 285 g/mol. The summed E-state index contributed by atoms with van der Waals surface area (Å²) in [6.07, 6.45) is -3.25. The minimum Gasteiger partial charge on any atom is -0.372 e. The SMILES string of the molecule is CCn1ncc(-c2nc(N)nc(NC)c2C(F)(F)F)c1C. The van der Waals surface area contributed by atoms with E-state index in [1.54, 1.807) is 11.6 Å². The highest BCUT2D eigenvalue weighted by molar-refractivity contribution is 5.72. The minimum atomic E-state index is -4.61. The van der Waals surface area contributed by atoms with Crippen molar-refractivity contribution in [2.75, 3.05) is 18.1 Å². The number of nitrogen functional groups attached to an aromatic ring is 1. The largest absolute Gasteiger partial charge is 0.422 e. The lowest BCUT2D eigenvalue weighted by Gasteiger charge is -2.16. The van der Waals surface area contributed by atoms with Crippen LogP contribution in [0.3, 0.4) is 0 Å². The van der Waals surface area contributed by atoms with Crippen molar-refractivity contribution < 1.29 is 13.2 Å². The Morgan fingerprint density at radius 3 is 2.48 bits per heavy atom. The number of aryl methyl sites for hydroxylation is 1. The third-order valence-corrected chi connectivity index (χ3v) is 3.10. The summed E-state index contributed by atoms with van der Waals surface area (Å²) in [6, 6.07) is 0. The lowest BCUT2D eigenvalue weighted by molar-refractivity contribution is -0.136. The molecule has 2 rings (SSSR count). The average molecular weight is 300 g/mol. The van der Waals surface area contributed by atoms with E-state index in [9.17, 15) is 13.2 Å². The molecule has 0 saturated heterocycles. The van der Waals surface area contributed by atoms with E-state index in [2.05, 4.69) is 20.4 Å². The Labute approximate surface area is 119 Å². The van der Waals surface area contributed by atoms with Crippen LogP contribution in [0.15, 0.2) is 6.20 Å². The van der Waals surface area contributed by atoms with Crippen LogP contribution in [0, 0.1) is 6.92 Å². The van der Waals surface area contributed by atoms with Crippen LogP contribution in [0.25, 0.3) is 11.3 Å². The van der Waals surface area contributed by atoms with Gasteiger partial charge in [-0.1, -0.05) is 0 Å². The first kappa shape index (κ1) is 15.1. The van der Waals surface area contributed by atoms with Crippen molar-refractivity contribution in [2.24, 2.45) is 0 Å². The number of nitrogens with two attached hydrogens (primary N) is 1. The number of nitrogens with one attached hydrogen (secondary N) is 1. The second-order valence-corrected chi connectivity index (χ2v) is 4.36. The van der Waals surface area contributed by atoms with Crippen LogP contribution < -0.4 is 11.1 Å². The fourth-order valence-electron chi connectivity index (χ4n) is 2.12. The Kier molecular flexibility index (Phi) is 3.75. The molecule has 0 aromatic carbocycles. The highest BCUT2D eigenvalue weighted by Crippen LogP contribution is 2.41. The molecule has 0 bridgehead atoms. The van der Waals surface area contributed by atoms with Gasteiger partial charge in [0, 0.05) is 24.8 Å². The van der Waals surface area contributed by atoms with E-state index in [0.717, 1.165) is 0 Å². The summed E-state index contributed by atoms with van der Waals surface area (Å²) in [5, 5.41) is 6.46. The van der Waals surface area contributed by atoms with Gasteiger partial charge in [0.1, 0.15) is 11.4 Å². The van der Waals surface area contributed by atoms with Crippen molar-refractivity contribution in [2.45, 2.75) is 26.6 Å².